The van der Waals surface area contributed by atoms with Gasteiger partial charge in [0.05, 0.1) is 6.54 Å². The molecular weight excluding hydrogens is 388 g/mol. The van der Waals surface area contributed by atoms with Gasteiger partial charge < -0.3 is 9.30 Å². The second-order valence-electron chi connectivity index (χ2n) is 8.75. The van der Waals surface area contributed by atoms with E-state index in [4.69, 9.17) is 4.74 Å². The largest absolute Gasteiger partial charge is 0.489 e. The molecule has 3 aromatic rings. The zero-order valence-corrected chi connectivity index (χ0v) is 18.7. The number of pyridine rings is 1. The van der Waals surface area contributed by atoms with Gasteiger partial charge in [-0.3, -0.25) is 14.5 Å². The number of ketones is 1. The fraction of sp³-hybridized carbons (Fsp3) is 0.308. The van der Waals surface area contributed by atoms with E-state index in [-0.39, 0.29) is 23.4 Å². The lowest BCUT2D eigenvalue weighted by atomic mass is 10.0. The first kappa shape index (κ1) is 22.5. The number of hydrogen-bond acceptors (Lipinski definition) is 4. The Bertz CT molecular complexity index is 1060. The lowest BCUT2D eigenvalue weighted by Crippen LogP contribution is -2.37. The second kappa shape index (κ2) is 9.75. The molecule has 0 aliphatic carbocycles. The Morgan fingerprint density at radius 1 is 0.968 bits per heavy atom. The van der Waals surface area contributed by atoms with Crippen LogP contribution in [0.2, 0.25) is 0 Å². The third-order valence-electron chi connectivity index (χ3n) is 5.37. The van der Waals surface area contributed by atoms with Crippen LogP contribution < -0.4 is 10.3 Å². The van der Waals surface area contributed by atoms with Gasteiger partial charge in [0.25, 0.3) is 5.56 Å². The molecule has 1 heterocycles. The highest BCUT2D eigenvalue weighted by molar-refractivity contribution is 5.95. The van der Waals surface area contributed by atoms with Crippen molar-refractivity contribution in [1.29, 1.82) is 0 Å². The number of carbonyl (C=O) groups is 1. The number of Topliss-reactive ketones (excluding diaryl/α,β-unsaturated/α-hetero) is 1. The minimum Gasteiger partial charge on any atom is -0.489 e. The monoisotopic (exact) mass is 418 g/mol. The molecule has 2 aromatic carbocycles. The third-order valence-corrected chi connectivity index (χ3v) is 5.37. The topological polar surface area (TPSA) is 51.5 Å². The van der Waals surface area contributed by atoms with Gasteiger partial charge in [-0.25, -0.2) is 0 Å². The molecule has 0 saturated heterocycles. The number of ether oxygens (including phenoxy) is 1. The van der Waals surface area contributed by atoms with E-state index in [9.17, 15) is 9.59 Å². The van der Waals surface area contributed by atoms with E-state index in [1.807, 2.05) is 54.6 Å². The highest BCUT2D eigenvalue weighted by atomic mass is 16.5. The van der Waals surface area contributed by atoms with Crippen LogP contribution >= 0.6 is 0 Å². The van der Waals surface area contributed by atoms with Gasteiger partial charge in [-0.2, -0.15) is 0 Å². The number of aromatic nitrogens is 1. The summed E-state index contributed by atoms with van der Waals surface area (Å²) >= 11 is 0. The standard InChI is InChI=1S/C26H30N2O3/c1-26(2,3)27(4)17-20-10-12-22(13-11-20)24(29)18-28-15-14-23(16-25(28)30)31-19-21-8-6-5-7-9-21/h5-16H,17-19H2,1-4H3. The molecule has 0 aliphatic rings. The van der Waals surface area contributed by atoms with Crippen LogP contribution in [-0.2, 0) is 19.7 Å². The predicted octanol–water partition coefficient (Wildman–Crippen LogP) is 4.54. The number of carbonyl (C=O) groups excluding carboxylic acids is 1. The normalized spacial score (nSPS) is 11.5. The molecule has 3 rings (SSSR count). The molecule has 5 heteroatoms. The lowest BCUT2D eigenvalue weighted by molar-refractivity contribution is 0.0970. The summed E-state index contributed by atoms with van der Waals surface area (Å²) in [6, 6.07) is 20.5. The number of rotatable bonds is 8. The van der Waals surface area contributed by atoms with Crippen LogP contribution in [0, 0.1) is 0 Å². The van der Waals surface area contributed by atoms with Crippen molar-refractivity contribution in [2.45, 2.75) is 46.0 Å². The summed E-state index contributed by atoms with van der Waals surface area (Å²) in [6.07, 6.45) is 1.60. The fourth-order valence-electron chi connectivity index (χ4n) is 3.00. The summed E-state index contributed by atoms with van der Waals surface area (Å²) in [4.78, 5) is 27.3. The molecule has 0 radical (unpaired) electrons. The molecule has 1 aromatic heterocycles. The van der Waals surface area contributed by atoms with Gasteiger partial charge in [-0.15, -0.1) is 0 Å². The first-order chi connectivity index (χ1) is 14.7. The average molecular weight is 419 g/mol. The first-order valence-corrected chi connectivity index (χ1v) is 10.4. The number of hydrogen-bond donors (Lipinski definition) is 0. The molecule has 31 heavy (non-hydrogen) atoms. The number of nitrogens with zero attached hydrogens (tertiary/aromatic N) is 2. The first-order valence-electron chi connectivity index (χ1n) is 10.4. The van der Waals surface area contributed by atoms with Crippen molar-refractivity contribution in [3.63, 3.8) is 0 Å². The predicted molar refractivity (Wildman–Crippen MR) is 123 cm³/mol. The maximum Gasteiger partial charge on any atom is 0.254 e. The summed E-state index contributed by atoms with van der Waals surface area (Å²) in [5.74, 6) is 0.389. The molecule has 0 N–H and O–H groups in total. The minimum atomic E-state index is -0.262. The molecule has 0 unspecified atom stereocenters. The van der Waals surface area contributed by atoms with Crippen molar-refractivity contribution in [1.82, 2.24) is 9.47 Å². The SMILES string of the molecule is CN(Cc1ccc(C(=O)Cn2ccc(OCc3ccccc3)cc2=O)cc1)C(C)(C)C. The maximum atomic E-state index is 12.7. The maximum absolute atomic E-state index is 12.7. The highest BCUT2D eigenvalue weighted by Gasteiger charge is 2.17. The second-order valence-corrected chi connectivity index (χ2v) is 8.75. The van der Waals surface area contributed by atoms with Crippen LogP contribution in [0.15, 0.2) is 77.7 Å². The Morgan fingerprint density at radius 3 is 2.26 bits per heavy atom. The van der Waals surface area contributed by atoms with Gasteiger partial charge in [0.1, 0.15) is 12.4 Å². The van der Waals surface area contributed by atoms with Crippen LogP contribution in [0.1, 0.15) is 42.3 Å². The minimum absolute atomic E-state index is 0.000953. The summed E-state index contributed by atoms with van der Waals surface area (Å²) < 4.78 is 7.09. The molecule has 5 nitrogen and oxygen atoms in total. The van der Waals surface area contributed by atoms with Crippen LogP contribution in [0.5, 0.6) is 5.75 Å². The van der Waals surface area contributed by atoms with Gasteiger partial charge in [0.2, 0.25) is 0 Å². The van der Waals surface area contributed by atoms with Gasteiger partial charge in [-0.05, 0) is 45.0 Å². The van der Waals surface area contributed by atoms with E-state index in [1.54, 1.807) is 12.3 Å². The molecule has 0 aliphatic heterocycles. The van der Waals surface area contributed by atoms with Gasteiger partial charge in [0.15, 0.2) is 5.78 Å². The van der Waals surface area contributed by atoms with E-state index in [1.165, 1.54) is 10.6 Å². The van der Waals surface area contributed by atoms with E-state index >= 15 is 0 Å². The number of benzene rings is 2. The van der Waals surface area contributed by atoms with Crippen LogP contribution in [0.25, 0.3) is 0 Å². The van der Waals surface area contributed by atoms with Gasteiger partial charge >= 0.3 is 0 Å². The summed E-state index contributed by atoms with van der Waals surface area (Å²) in [6.45, 7) is 7.70. The van der Waals surface area contributed by atoms with Crippen LogP contribution in [0.3, 0.4) is 0 Å². The van der Waals surface area contributed by atoms with E-state index < -0.39 is 0 Å². The van der Waals surface area contributed by atoms with Gasteiger partial charge in [0, 0.05) is 29.9 Å². The molecule has 0 fully saturated rings. The van der Waals surface area contributed by atoms with Crippen molar-refractivity contribution in [2.24, 2.45) is 0 Å². The van der Waals surface area contributed by atoms with Crippen LogP contribution in [0.4, 0.5) is 0 Å². The van der Waals surface area contributed by atoms with Crippen molar-refractivity contribution in [2.75, 3.05) is 7.05 Å². The average Bonchev–Trinajstić information content (AvgIpc) is 2.74. The quantitative estimate of drug-likeness (QED) is 0.504. The fourth-order valence-corrected chi connectivity index (χ4v) is 3.00. The van der Waals surface area contributed by atoms with Crippen LogP contribution in [-0.4, -0.2) is 27.8 Å². The molecule has 0 spiro atoms. The van der Waals surface area contributed by atoms with E-state index in [2.05, 4.69) is 32.7 Å². The Hall–Kier alpha value is -3.18. The molecule has 0 saturated carbocycles. The smallest absolute Gasteiger partial charge is 0.254 e. The summed E-state index contributed by atoms with van der Waals surface area (Å²) in [5.41, 5.74) is 2.58. The Morgan fingerprint density at radius 2 is 1.65 bits per heavy atom. The van der Waals surface area contributed by atoms with E-state index in [0.717, 1.165) is 17.7 Å². The Balaban J connectivity index is 1.60. The zero-order chi connectivity index (χ0) is 22.4. The van der Waals surface area contributed by atoms with Crippen molar-refractivity contribution < 1.29 is 9.53 Å². The molecule has 162 valence electrons. The molecule has 0 atom stereocenters. The Kier molecular flexibility index (Phi) is 7.08. The molecular formula is C26H30N2O3. The highest BCUT2D eigenvalue weighted by Crippen LogP contribution is 2.16. The lowest BCUT2D eigenvalue weighted by Gasteiger charge is -2.31. The summed E-state index contributed by atoms with van der Waals surface area (Å²) in [7, 11) is 2.08. The van der Waals surface area contributed by atoms with Crippen molar-refractivity contribution in [3.8, 4) is 5.75 Å². The Labute approximate surface area is 183 Å². The van der Waals surface area contributed by atoms with Crippen molar-refractivity contribution >= 4 is 5.78 Å². The van der Waals surface area contributed by atoms with Gasteiger partial charge in [-0.1, -0.05) is 54.6 Å². The molecule has 0 bridgehead atoms. The van der Waals surface area contributed by atoms with Crippen molar-refractivity contribution in [3.05, 3.63) is 100.0 Å². The summed E-state index contributed by atoms with van der Waals surface area (Å²) in [5, 5.41) is 0. The molecule has 0 amide bonds. The zero-order valence-electron chi connectivity index (χ0n) is 18.7. The third kappa shape index (κ3) is 6.40. The van der Waals surface area contributed by atoms with E-state index in [0.29, 0.717) is 17.9 Å².